The van der Waals surface area contributed by atoms with Gasteiger partial charge in [0.1, 0.15) is 0 Å². The van der Waals surface area contributed by atoms with E-state index >= 15 is 0 Å². The Labute approximate surface area is 81.5 Å². The summed E-state index contributed by atoms with van der Waals surface area (Å²) in [5.41, 5.74) is 0.774. The molecule has 0 spiro atoms. The number of nitriles is 1. The first-order chi connectivity index (χ1) is 5.24. The van der Waals surface area contributed by atoms with E-state index in [-0.39, 0.29) is 0 Å². The van der Waals surface area contributed by atoms with Crippen molar-refractivity contribution >= 4 is 31.9 Å². The molecule has 0 unspecified atom stereocenters. The minimum atomic E-state index is 0.341. The van der Waals surface area contributed by atoms with Crippen LogP contribution in [0.4, 0.5) is 0 Å². The van der Waals surface area contributed by atoms with Crippen LogP contribution in [0.15, 0.2) is 21.2 Å². The minimum Gasteiger partial charge on any atom is -0.258 e. The van der Waals surface area contributed by atoms with E-state index in [1.807, 2.05) is 12.1 Å². The van der Waals surface area contributed by atoms with Gasteiger partial charge in [0.25, 0.3) is 0 Å². The maximum Gasteiger partial charge on any atom is 0.0786 e. The number of aromatic nitrogens is 1. The number of hydrogen-bond donors (Lipinski definition) is 0. The van der Waals surface area contributed by atoms with Gasteiger partial charge in [-0.1, -0.05) is 0 Å². The van der Waals surface area contributed by atoms with Gasteiger partial charge in [0, 0.05) is 15.1 Å². The van der Waals surface area contributed by atoms with Crippen molar-refractivity contribution in [2.75, 3.05) is 0 Å². The first kappa shape index (κ1) is 8.69. The SMILES string of the molecule is N#CCc1ncc(Br)cc1Br. The molecule has 1 aromatic heterocycles. The molecule has 1 heterocycles. The van der Waals surface area contributed by atoms with Crippen molar-refractivity contribution in [2.24, 2.45) is 0 Å². The summed E-state index contributed by atoms with van der Waals surface area (Å²) in [7, 11) is 0. The highest BCUT2D eigenvalue weighted by Gasteiger charge is 2.00. The maximum absolute atomic E-state index is 8.39. The molecule has 0 aromatic carbocycles. The van der Waals surface area contributed by atoms with Crippen LogP contribution in [0.2, 0.25) is 0 Å². The molecule has 1 rings (SSSR count). The largest absolute Gasteiger partial charge is 0.258 e. The van der Waals surface area contributed by atoms with E-state index in [1.54, 1.807) is 6.20 Å². The number of hydrogen-bond acceptors (Lipinski definition) is 2. The Balaban J connectivity index is 3.01. The first-order valence-corrected chi connectivity index (χ1v) is 4.49. The lowest BCUT2D eigenvalue weighted by atomic mass is 10.3. The molecule has 0 N–H and O–H groups in total. The van der Waals surface area contributed by atoms with Gasteiger partial charge in [-0.15, -0.1) is 0 Å². The molecule has 0 aliphatic rings. The van der Waals surface area contributed by atoms with Crippen LogP contribution in [0.3, 0.4) is 0 Å². The van der Waals surface area contributed by atoms with Crippen molar-refractivity contribution < 1.29 is 0 Å². The van der Waals surface area contributed by atoms with E-state index < -0.39 is 0 Å². The summed E-state index contributed by atoms with van der Waals surface area (Å²) in [4.78, 5) is 4.05. The summed E-state index contributed by atoms with van der Waals surface area (Å²) in [6, 6.07) is 3.91. The number of nitrogens with zero attached hydrogens (tertiary/aromatic N) is 2. The van der Waals surface area contributed by atoms with E-state index in [2.05, 4.69) is 36.8 Å². The highest BCUT2D eigenvalue weighted by Crippen LogP contribution is 2.19. The first-order valence-electron chi connectivity index (χ1n) is 2.91. The molecule has 1 aromatic rings. The summed E-state index contributed by atoms with van der Waals surface area (Å²) in [5.74, 6) is 0. The lowest BCUT2D eigenvalue weighted by Gasteiger charge is -1.97. The van der Waals surface area contributed by atoms with Gasteiger partial charge >= 0.3 is 0 Å². The molecule has 0 radical (unpaired) electrons. The monoisotopic (exact) mass is 274 g/mol. The molecule has 0 saturated heterocycles. The van der Waals surface area contributed by atoms with E-state index in [9.17, 15) is 0 Å². The summed E-state index contributed by atoms with van der Waals surface area (Å²) in [5, 5.41) is 8.39. The summed E-state index contributed by atoms with van der Waals surface area (Å²) in [6.07, 6.45) is 2.02. The smallest absolute Gasteiger partial charge is 0.0786 e. The van der Waals surface area contributed by atoms with Gasteiger partial charge in [-0.25, -0.2) is 0 Å². The summed E-state index contributed by atoms with van der Waals surface area (Å²) >= 11 is 6.58. The van der Waals surface area contributed by atoms with Crippen LogP contribution in [0.25, 0.3) is 0 Å². The predicted molar refractivity (Wildman–Crippen MR) is 49.0 cm³/mol. The fourth-order valence-corrected chi connectivity index (χ4v) is 1.78. The normalized spacial score (nSPS) is 9.18. The molecule has 2 nitrogen and oxygen atoms in total. The number of rotatable bonds is 1. The van der Waals surface area contributed by atoms with Gasteiger partial charge in [-0.3, -0.25) is 4.98 Å². The predicted octanol–water partition coefficient (Wildman–Crippen LogP) is 2.67. The highest BCUT2D eigenvalue weighted by molar-refractivity contribution is 9.11. The fraction of sp³-hybridized carbons (Fsp3) is 0.143. The van der Waals surface area contributed by atoms with Gasteiger partial charge in [0.15, 0.2) is 0 Å². The third kappa shape index (κ3) is 2.28. The Morgan fingerprint density at radius 3 is 2.82 bits per heavy atom. The van der Waals surface area contributed by atoms with Crippen LogP contribution < -0.4 is 0 Å². The molecule has 0 aliphatic carbocycles. The molecular formula is C7H4Br2N2. The van der Waals surface area contributed by atoms with Crippen LogP contribution in [0, 0.1) is 11.3 Å². The lowest BCUT2D eigenvalue weighted by molar-refractivity contribution is 1.09. The molecule has 0 saturated carbocycles. The molecule has 11 heavy (non-hydrogen) atoms. The highest BCUT2D eigenvalue weighted by atomic mass is 79.9. The Morgan fingerprint density at radius 2 is 2.27 bits per heavy atom. The Kier molecular flexibility index (Phi) is 3.03. The fourth-order valence-electron chi connectivity index (χ4n) is 0.648. The summed E-state index contributed by atoms with van der Waals surface area (Å²) in [6.45, 7) is 0. The second kappa shape index (κ2) is 3.84. The molecule has 4 heteroatoms. The average molecular weight is 276 g/mol. The molecule has 56 valence electrons. The quantitative estimate of drug-likeness (QED) is 0.790. The minimum absolute atomic E-state index is 0.341. The van der Waals surface area contributed by atoms with Crippen LogP contribution in [0.1, 0.15) is 5.69 Å². The van der Waals surface area contributed by atoms with Gasteiger partial charge in [0.05, 0.1) is 18.2 Å². The van der Waals surface area contributed by atoms with E-state index in [0.29, 0.717) is 6.42 Å². The second-order valence-corrected chi connectivity index (χ2v) is 3.69. The summed E-state index contributed by atoms with van der Waals surface area (Å²) < 4.78 is 1.78. The van der Waals surface area contributed by atoms with Gasteiger partial charge < -0.3 is 0 Å². The zero-order valence-electron chi connectivity index (χ0n) is 5.51. The van der Waals surface area contributed by atoms with Crippen molar-refractivity contribution in [1.29, 1.82) is 5.26 Å². The van der Waals surface area contributed by atoms with E-state index in [4.69, 9.17) is 5.26 Å². The van der Waals surface area contributed by atoms with E-state index in [0.717, 1.165) is 14.6 Å². The van der Waals surface area contributed by atoms with Gasteiger partial charge in [-0.2, -0.15) is 5.26 Å². The van der Waals surface area contributed by atoms with Crippen molar-refractivity contribution in [1.82, 2.24) is 4.98 Å². The maximum atomic E-state index is 8.39. The number of pyridine rings is 1. The standard InChI is InChI=1S/C7H4Br2N2/c8-5-3-6(9)7(1-2-10)11-4-5/h3-4H,1H2. The molecular weight excluding hydrogens is 272 g/mol. The topological polar surface area (TPSA) is 36.7 Å². The van der Waals surface area contributed by atoms with Crippen LogP contribution in [0.5, 0.6) is 0 Å². The molecule has 0 fully saturated rings. The Bertz CT molecular complexity index is 304. The lowest BCUT2D eigenvalue weighted by Crippen LogP contribution is -1.88. The molecule has 0 aliphatic heterocycles. The third-order valence-electron chi connectivity index (χ3n) is 1.13. The number of halogens is 2. The van der Waals surface area contributed by atoms with Crippen molar-refractivity contribution in [2.45, 2.75) is 6.42 Å². The van der Waals surface area contributed by atoms with Gasteiger partial charge in [-0.05, 0) is 37.9 Å². The second-order valence-electron chi connectivity index (χ2n) is 1.92. The molecule has 0 atom stereocenters. The molecule has 0 amide bonds. The van der Waals surface area contributed by atoms with Crippen LogP contribution in [-0.4, -0.2) is 4.98 Å². The average Bonchev–Trinajstić information content (AvgIpc) is 1.95. The van der Waals surface area contributed by atoms with E-state index in [1.165, 1.54) is 0 Å². The van der Waals surface area contributed by atoms with Gasteiger partial charge in [0.2, 0.25) is 0 Å². The van der Waals surface area contributed by atoms with Crippen LogP contribution in [-0.2, 0) is 6.42 Å². The Morgan fingerprint density at radius 1 is 1.55 bits per heavy atom. The molecule has 0 bridgehead atoms. The van der Waals surface area contributed by atoms with Crippen molar-refractivity contribution in [3.63, 3.8) is 0 Å². The van der Waals surface area contributed by atoms with Crippen LogP contribution >= 0.6 is 31.9 Å². The van der Waals surface area contributed by atoms with Crippen molar-refractivity contribution in [3.8, 4) is 6.07 Å². The van der Waals surface area contributed by atoms with Crippen molar-refractivity contribution in [3.05, 3.63) is 26.9 Å². The zero-order valence-corrected chi connectivity index (χ0v) is 8.68. The zero-order chi connectivity index (χ0) is 8.27. The Hall–Kier alpha value is -0.400. The third-order valence-corrected chi connectivity index (χ3v) is 2.25.